The van der Waals surface area contributed by atoms with Crippen molar-refractivity contribution in [1.82, 2.24) is 14.5 Å². The number of hydrogen-bond donors (Lipinski definition) is 0. The number of fused-ring (bicyclic) bond motifs is 1. The number of imidazole rings is 1. The summed E-state index contributed by atoms with van der Waals surface area (Å²) in [6.45, 7) is 3.47. The molecule has 1 aromatic carbocycles. The van der Waals surface area contributed by atoms with Crippen LogP contribution in [0.4, 0.5) is 5.69 Å². The second kappa shape index (κ2) is 5.00. The Morgan fingerprint density at radius 2 is 1.95 bits per heavy atom. The van der Waals surface area contributed by atoms with Gasteiger partial charge in [0.2, 0.25) is 5.91 Å². The molecule has 0 saturated carbocycles. The molecule has 1 atom stereocenters. The minimum absolute atomic E-state index is 0.00820. The lowest BCUT2D eigenvalue weighted by Crippen LogP contribution is -2.45. The Morgan fingerprint density at radius 1 is 1.10 bits per heavy atom. The average Bonchev–Trinajstić information content (AvgIpc) is 3.13. The van der Waals surface area contributed by atoms with Crippen LogP contribution in [0, 0.1) is 0 Å². The summed E-state index contributed by atoms with van der Waals surface area (Å²) < 4.78 is 2.17. The first kappa shape index (κ1) is 12.6. The molecule has 0 unspecified atom stereocenters. The fourth-order valence-electron chi connectivity index (χ4n) is 3.34. The van der Waals surface area contributed by atoms with Crippen molar-refractivity contribution in [2.24, 2.45) is 0 Å². The number of hydrogen-bond acceptors (Lipinski definition) is 3. The quantitative estimate of drug-likeness (QED) is 0.838. The third-order valence-corrected chi connectivity index (χ3v) is 4.48. The molecule has 5 nitrogen and oxygen atoms in total. The molecule has 1 fully saturated rings. The van der Waals surface area contributed by atoms with Gasteiger partial charge in [0, 0.05) is 38.1 Å². The Labute approximate surface area is 123 Å². The molecular weight excluding hydrogens is 264 g/mol. The second-order valence-electron chi connectivity index (χ2n) is 5.68. The Morgan fingerprint density at radius 3 is 2.81 bits per heavy atom. The molecule has 0 spiro atoms. The summed E-state index contributed by atoms with van der Waals surface area (Å²) in [7, 11) is 0. The van der Waals surface area contributed by atoms with Gasteiger partial charge in [0.25, 0.3) is 0 Å². The van der Waals surface area contributed by atoms with Gasteiger partial charge >= 0.3 is 0 Å². The summed E-state index contributed by atoms with van der Waals surface area (Å²) in [5, 5.41) is 0. The maximum absolute atomic E-state index is 12.7. The van der Waals surface area contributed by atoms with Crippen LogP contribution in [0.5, 0.6) is 0 Å². The molecule has 1 saturated heterocycles. The first-order valence-corrected chi connectivity index (χ1v) is 7.42. The van der Waals surface area contributed by atoms with Gasteiger partial charge in [-0.25, -0.2) is 4.98 Å². The van der Waals surface area contributed by atoms with Crippen LogP contribution in [0.2, 0.25) is 0 Å². The van der Waals surface area contributed by atoms with Gasteiger partial charge in [-0.1, -0.05) is 18.2 Å². The average molecular weight is 282 g/mol. The predicted molar refractivity (Wildman–Crippen MR) is 79.8 cm³/mol. The van der Waals surface area contributed by atoms with E-state index < -0.39 is 0 Å². The molecule has 4 rings (SSSR count). The molecular formula is C16H18N4O. The van der Waals surface area contributed by atoms with E-state index in [4.69, 9.17) is 0 Å². The molecule has 2 aliphatic heterocycles. The lowest BCUT2D eigenvalue weighted by Gasteiger charge is -2.32. The highest BCUT2D eigenvalue weighted by Crippen LogP contribution is 2.26. The van der Waals surface area contributed by atoms with E-state index in [-0.39, 0.29) is 11.9 Å². The van der Waals surface area contributed by atoms with Crippen molar-refractivity contribution in [3.63, 3.8) is 0 Å². The Kier molecular flexibility index (Phi) is 3.00. The molecule has 2 aliphatic rings. The molecule has 0 bridgehead atoms. The zero-order valence-electron chi connectivity index (χ0n) is 11.9. The van der Waals surface area contributed by atoms with Crippen LogP contribution >= 0.6 is 0 Å². The van der Waals surface area contributed by atoms with Crippen molar-refractivity contribution in [3.05, 3.63) is 48.5 Å². The SMILES string of the molecule is O=C1[C@@H](N2CCn3cncc3C2)CCN1c1ccccc1. The van der Waals surface area contributed by atoms with Gasteiger partial charge in [-0.3, -0.25) is 9.69 Å². The van der Waals surface area contributed by atoms with Crippen LogP contribution < -0.4 is 4.90 Å². The summed E-state index contributed by atoms with van der Waals surface area (Å²) in [6.07, 6.45) is 4.68. The smallest absolute Gasteiger partial charge is 0.244 e. The normalized spacial score (nSPS) is 22.6. The van der Waals surface area contributed by atoms with Crippen LogP contribution in [0.15, 0.2) is 42.9 Å². The van der Waals surface area contributed by atoms with E-state index in [0.717, 1.165) is 38.3 Å². The van der Waals surface area contributed by atoms with Crippen molar-refractivity contribution in [2.45, 2.75) is 25.6 Å². The second-order valence-corrected chi connectivity index (χ2v) is 5.68. The summed E-state index contributed by atoms with van der Waals surface area (Å²) in [5.74, 6) is 0.231. The van der Waals surface area contributed by atoms with E-state index in [1.807, 2.05) is 47.8 Å². The first-order chi connectivity index (χ1) is 10.3. The standard InChI is InChI=1S/C16H18N4O/c21-16-15(6-7-20(16)13-4-2-1-3-5-13)18-8-9-19-12-17-10-14(19)11-18/h1-5,10,12,15H,6-9,11H2/t15-/m0/s1. The zero-order valence-corrected chi connectivity index (χ0v) is 11.9. The zero-order chi connectivity index (χ0) is 14.2. The van der Waals surface area contributed by atoms with Crippen molar-refractivity contribution in [1.29, 1.82) is 0 Å². The summed E-state index contributed by atoms with van der Waals surface area (Å²) in [5.41, 5.74) is 2.21. The highest BCUT2D eigenvalue weighted by Gasteiger charge is 2.37. The topological polar surface area (TPSA) is 41.4 Å². The number of amides is 1. The number of nitrogens with zero attached hydrogens (tertiary/aromatic N) is 4. The largest absolute Gasteiger partial charge is 0.332 e. The lowest BCUT2D eigenvalue weighted by atomic mass is 10.1. The van der Waals surface area contributed by atoms with E-state index in [2.05, 4.69) is 14.5 Å². The van der Waals surface area contributed by atoms with Crippen LogP contribution in [0.1, 0.15) is 12.1 Å². The first-order valence-electron chi connectivity index (χ1n) is 7.42. The maximum Gasteiger partial charge on any atom is 0.244 e. The van der Waals surface area contributed by atoms with Gasteiger partial charge in [0.15, 0.2) is 0 Å². The van der Waals surface area contributed by atoms with Crippen LogP contribution in [0.3, 0.4) is 0 Å². The highest BCUT2D eigenvalue weighted by molar-refractivity contribution is 5.99. The lowest BCUT2D eigenvalue weighted by molar-refractivity contribution is -0.122. The van der Waals surface area contributed by atoms with E-state index >= 15 is 0 Å². The number of anilines is 1. The number of para-hydroxylation sites is 1. The fraction of sp³-hybridized carbons (Fsp3) is 0.375. The highest BCUT2D eigenvalue weighted by atomic mass is 16.2. The fourth-order valence-corrected chi connectivity index (χ4v) is 3.34. The van der Waals surface area contributed by atoms with Gasteiger partial charge in [0.05, 0.1) is 18.1 Å². The third-order valence-electron chi connectivity index (χ3n) is 4.48. The third kappa shape index (κ3) is 2.14. The maximum atomic E-state index is 12.7. The Bertz CT molecular complexity index is 651. The molecule has 108 valence electrons. The molecule has 0 radical (unpaired) electrons. The minimum Gasteiger partial charge on any atom is -0.332 e. The van der Waals surface area contributed by atoms with Crippen molar-refractivity contribution < 1.29 is 4.79 Å². The number of carbonyl (C=O) groups is 1. The summed E-state index contributed by atoms with van der Waals surface area (Å²) >= 11 is 0. The van der Waals surface area contributed by atoms with E-state index in [1.165, 1.54) is 5.69 Å². The van der Waals surface area contributed by atoms with Crippen molar-refractivity contribution in [3.8, 4) is 0 Å². The number of benzene rings is 1. The predicted octanol–water partition coefficient (Wildman–Crippen LogP) is 1.50. The molecule has 1 aromatic heterocycles. The van der Waals surface area contributed by atoms with Gasteiger partial charge in [-0.15, -0.1) is 0 Å². The summed E-state index contributed by atoms with van der Waals surface area (Å²) in [6, 6.07) is 9.96. The molecule has 0 N–H and O–H groups in total. The number of aromatic nitrogens is 2. The Balaban J connectivity index is 1.52. The van der Waals surface area contributed by atoms with Gasteiger partial charge in [0.1, 0.15) is 0 Å². The number of rotatable bonds is 2. The van der Waals surface area contributed by atoms with Gasteiger partial charge < -0.3 is 9.47 Å². The minimum atomic E-state index is 0.00820. The van der Waals surface area contributed by atoms with E-state index in [0.29, 0.717) is 0 Å². The monoisotopic (exact) mass is 282 g/mol. The summed E-state index contributed by atoms with van der Waals surface area (Å²) in [4.78, 5) is 21.1. The molecule has 2 aromatic rings. The number of carbonyl (C=O) groups excluding carboxylic acids is 1. The van der Waals surface area contributed by atoms with E-state index in [9.17, 15) is 4.79 Å². The molecule has 3 heterocycles. The van der Waals surface area contributed by atoms with E-state index in [1.54, 1.807) is 0 Å². The van der Waals surface area contributed by atoms with Crippen molar-refractivity contribution >= 4 is 11.6 Å². The van der Waals surface area contributed by atoms with Gasteiger partial charge in [-0.2, -0.15) is 0 Å². The molecule has 1 amide bonds. The Hall–Kier alpha value is -2.14. The van der Waals surface area contributed by atoms with Crippen LogP contribution in [-0.4, -0.2) is 39.5 Å². The molecule has 5 heteroatoms. The van der Waals surface area contributed by atoms with Crippen LogP contribution in [0.25, 0.3) is 0 Å². The molecule has 21 heavy (non-hydrogen) atoms. The van der Waals surface area contributed by atoms with Gasteiger partial charge in [-0.05, 0) is 18.6 Å². The van der Waals surface area contributed by atoms with Crippen LogP contribution in [-0.2, 0) is 17.9 Å². The van der Waals surface area contributed by atoms with Crippen molar-refractivity contribution in [2.75, 3.05) is 18.0 Å². The molecule has 0 aliphatic carbocycles.